The van der Waals surface area contributed by atoms with Crippen molar-refractivity contribution >= 4 is 11.4 Å². The fourth-order valence-corrected chi connectivity index (χ4v) is 3.15. The van der Waals surface area contributed by atoms with Crippen LogP contribution in [-0.2, 0) is 6.42 Å². The van der Waals surface area contributed by atoms with Crippen LogP contribution in [0.1, 0.15) is 24.4 Å². The highest BCUT2D eigenvalue weighted by Crippen LogP contribution is 2.35. The first-order valence-electron chi connectivity index (χ1n) is 8.06. The summed E-state index contributed by atoms with van der Waals surface area (Å²) in [5.74, 6) is 0.897. The van der Waals surface area contributed by atoms with Gasteiger partial charge >= 0.3 is 0 Å². The highest BCUT2D eigenvalue weighted by Gasteiger charge is 2.27. The number of non-ortho nitro benzene ring substituents is 1. The Morgan fingerprint density at radius 1 is 1.16 bits per heavy atom. The van der Waals surface area contributed by atoms with Crippen LogP contribution in [0.2, 0.25) is 0 Å². The zero-order chi connectivity index (χ0) is 17.4. The van der Waals surface area contributed by atoms with Gasteiger partial charge < -0.3 is 9.32 Å². The van der Waals surface area contributed by atoms with Crippen molar-refractivity contribution in [2.24, 2.45) is 0 Å². The van der Waals surface area contributed by atoms with Gasteiger partial charge in [-0.05, 0) is 37.1 Å². The van der Waals surface area contributed by atoms with E-state index in [-0.39, 0.29) is 11.7 Å². The number of hydrogen-bond acceptors (Lipinski definition) is 6. The number of benzene rings is 2. The molecule has 0 unspecified atom stereocenters. The van der Waals surface area contributed by atoms with Gasteiger partial charge in [-0.2, -0.15) is 0 Å². The number of nitro groups is 1. The van der Waals surface area contributed by atoms with Crippen LogP contribution >= 0.6 is 0 Å². The molecule has 126 valence electrons. The number of rotatable bonds is 4. The Kier molecular flexibility index (Phi) is 3.68. The Morgan fingerprint density at radius 2 is 1.92 bits per heavy atom. The summed E-state index contributed by atoms with van der Waals surface area (Å²) in [5, 5.41) is 19.0. The molecular formula is C18H16N4O3. The largest absolute Gasteiger partial charge is 0.418 e. The van der Waals surface area contributed by atoms with Crippen molar-refractivity contribution in [3.63, 3.8) is 0 Å². The maximum atomic E-state index is 10.7. The normalized spacial score (nSPS) is 14.4. The highest BCUT2D eigenvalue weighted by molar-refractivity contribution is 5.59. The van der Waals surface area contributed by atoms with E-state index in [1.54, 1.807) is 12.1 Å². The van der Waals surface area contributed by atoms with Gasteiger partial charge in [0, 0.05) is 29.9 Å². The number of hydrogen-bond donors (Lipinski definition) is 0. The summed E-state index contributed by atoms with van der Waals surface area (Å²) in [6, 6.07) is 14.4. The number of anilines is 1. The van der Waals surface area contributed by atoms with Gasteiger partial charge in [0.25, 0.3) is 5.69 Å². The summed E-state index contributed by atoms with van der Waals surface area (Å²) in [6.45, 7) is 2.95. The fourth-order valence-electron chi connectivity index (χ4n) is 3.15. The Balaban J connectivity index is 1.58. The topological polar surface area (TPSA) is 85.3 Å². The van der Waals surface area contributed by atoms with Crippen LogP contribution in [-0.4, -0.2) is 21.7 Å². The van der Waals surface area contributed by atoms with Gasteiger partial charge in [-0.1, -0.05) is 18.2 Å². The molecule has 1 aliphatic heterocycles. The summed E-state index contributed by atoms with van der Waals surface area (Å²) < 4.78 is 5.83. The average molecular weight is 336 g/mol. The predicted octanol–water partition coefficient (Wildman–Crippen LogP) is 3.77. The van der Waals surface area contributed by atoms with Crippen molar-refractivity contribution in [1.29, 1.82) is 0 Å². The quantitative estimate of drug-likeness (QED) is 0.532. The van der Waals surface area contributed by atoms with Crippen LogP contribution in [0.15, 0.2) is 52.9 Å². The van der Waals surface area contributed by atoms with E-state index in [1.165, 1.54) is 23.4 Å². The van der Waals surface area contributed by atoms with Gasteiger partial charge in [0.15, 0.2) is 0 Å². The third kappa shape index (κ3) is 2.73. The molecule has 7 heteroatoms. The lowest BCUT2D eigenvalue weighted by Crippen LogP contribution is -2.24. The second-order valence-corrected chi connectivity index (χ2v) is 6.00. The van der Waals surface area contributed by atoms with Crippen molar-refractivity contribution in [1.82, 2.24) is 10.2 Å². The van der Waals surface area contributed by atoms with Gasteiger partial charge in [-0.25, -0.2) is 0 Å². The smallest absolute Gasteiger partial charge is 0.269 e. The molecule has 25 heavy (non-hydrogen) atoms. The standard InChI is InChI=1S/C18H16N4O3/c1-12(21-11-10-13-4-2-3-5-16(13)21)17-19-20-18(25-17)14-6-8-15(9-7-14)22(23)24/h2-9,12H,10-11H2,1H3/t12-/m1/s1. The molecule has 2 aromatic carbocycles. The van der Waals surface area contributed by atoms with Crippen molar-refractivity contribution in [2.45, 2.75) is 19.4 Å². The predicted molar refractivity (Wildman–Crippen MR) is 92.3 cm³/mol. The monoisotopic (exact) mass is 336 g/mol. The molecule has 2 heterocycles. The zero-order valence-corrected chi connectivity index (χ0v) is 13.6. The molecule has 0 N–H and O–H groups in total. The second-order valence-electron chi connectivity index (χ2n) is 6.00. The van der Waals surface area contributed by atoms with Crippen LogP contribution in [0.4, 0.5) is 11.4 Å². The van der Waals surface area contributed by atoms with E-state index in [9.17, 15) is 10.1 Å². The molecule has 0 spiro atoms. The maximum Gasteiger partial charge on any atom is 0.269 e. The molecular weight excluding hydrogens is 320 g/mol. The fraction of sp³-hybridized carbons (Fsp3) is 0.222. The Morgan fingerprint density at radius 3 is 2.68 bits per heavy atom. The molecule has 4 rings (SSSR count). The molecule has 1 atom stereocenters. The van der Waals surface area contributed by atoms with E-state index in [0.717, 1.165) is 13.0 Å². The van der Waals surface area contributed by atoms with Crippen molar-refractivity contribution < 1.29 is 9.34 Å². The third-order valence-electron chi connectivity index (χ3n) is 4.51. The first kappa shape index (κ1) is 15.3. The maximum absolute atomic E-state index is 10.7. The SMILES string of the molecule is C[C@H](c1nnc(-c2ccc([N+](=O)[O-])cc2)o1)N1CCc2ccccc21. The number of nitro benzene ring substituents is 1. The molecule has 0 amide bonds. The van der Waals surface area contributed by atoms with E-state index in [2.05, 4.69) is 27.2 Å². The molecule has 1 aromatic heterocycles. The minimum absolute atomic E-state index is 0.0329. The lowest BCUT2D eigenvalue weighted by molar-refractivity contribution is -0.384. The highest BCUT2D eigenvalue weighted by atomic mass is 16.6. The van der Waals surface area contributed by atoms with E-state index in [4.69, 9.17) is 4.42 Å². The Labute approximate surface area is 144 Å². The number of para-hydroxylation sites is 1. The number of nitrogens with zero attached hydrogens (tertiary/aromatic N) is 4. The number of fused-ring (bicyclic) bond motifs is 1. The Bertz CT molecular complexity index is 920. The van der Waals surface area contributed by atoms with Gasteiger partial charge in [-0.3, -0.25) is 10.1 Å². The van der Waals surface area contributed by atoms with Gasteiger partial charge in [-0.15, -0.1) is 10.2 Å². The molecule has 0 saturated heterocycles. The summed E-state index contributed by atoms with van der Waals surface area (Å²) >= 11 is 0. The molecule has 0 saturated carbocycles. The molecule has 0 aliphatic carbocycles. The van der Waals surface area contributed by atoms with Crippen molar-refractivity contribution in [3.8, 4) is 11.5 Å². The van der Waals surface area contributed by atoms with E-state index in [0.29, 0.717) is 17.3 Å². The van der Waals surface area contributed by atoms with Gasteiger partial charge in [0.1, 0.15) is 6.04 Å². The van der Waals surface area contributed by atoms with Crippen LogP contribution < -0.4 is 4.90 Å². The zero-order valence-electron chi connectivity index (χ0n) is 13.6. The van der Waals surface area contributed by atoms with E-state index in [1.807, 2.05) is 19.1 Å². The number of aromatic nitrogens is 2. The molecule has 0 radical (unpaired) electrons. The third-order valence-corrected chi connectivity index (χ3v) is 4.51. The minimum Gasteiger partial charge on any atom is -0.418 e. The summed E-state index contributed by atoms with van der Waals surface area (Å²) in [5.41, 5.74) is 3.22. The van der Waals surface area contributed by atoms with Gasteiger partial charge in [0.2, 0.25) is 11.8 Å². The lowest BCUT2D eigenvalue weighted by Gasteiger charge is -2.24. The summed E-state index contributed by atoms with van der Waals surface area (Å²) in [7, 11) is 0. The summed E-state index contributed by atoms with van der Waals surface area (Å²) in [4.78, 5) is 12.6. The van der Waals surface area contributed by atoms with Crippen LogP contribution in [0.5, 0.6) is 0 Å². The van der Waals surface area contributed by atoms with Gasteiger partial charge in [0.05, 0.1) is 4.92 Å². The molecule has 7 nitrogen and oxygen atoms in total. The van der Waals surface area contributed by atoms with Crippen molar-refractivity contribution in [3.05, 3.63) is 70.1 Å². The lowest BCUT2D eigenvalue weighted by atomic mass is 10.2. The van der Waals surface area contributed by atoms with Crippen LogP contribution in [0.3, 0.4) is 0 Å². The second kappa shape index (κ2) is 6.01. The first-order chi connectivity index (χ1) is 12.1. The molecule has 0 fully saturated rings. The first-order valence-corrected chi connectivity index (χ1v) is 8.06. The van der Waals surface area contributed by atoms with E-state index >= 15 is 0 Å². The Hall–Kier alpha value is -3.22. The minimum atomic E-state index is -0.435. The average Bonchev–Trinajstić information content (AvgIpc) is 3.29. The summed E-state index contributed by atoms with van der Waals surface area (Å²) in [6.07, 6.45) is 1.00. The van der Waals surface area contributed by atoms with Crippen LogP contribution in [0.25, 0.3) is 11.5 Å². The van der Waals surface area contributed by atoms with Crippen LogP contribution in [0, 0.1) is 10.1 Å². The van der Waals surface area contributed by atoms with E-state index < -0.39 is 4.92 Å². The molecule has 3 aromatic rings. The molecule has 1 aliphatic rings. The van der Waals surface area contributed by atoms with Crippen molar-refractivity contribution in [2.75, 3.05) is 11.4 Å². The molecule has 0 bridgehead atoms.